The number of hydrogen-bond acceptors (Lipinski definition) is 6. The first-order chi connectivity index (χ1) is 19.2. The standard InChI is InChI=1S/C30H23ClFN5O3/c1-16-11-26(37-18(3)33-15-34-37)22-9-6-10-27(28(22)35-16)40-14-24-23(12-19(32)13-25(24)31)17(2)36-29(38)20-7-4-5-8-21(20)30(36)39/h4-13,15,17H,14H2,1-3H3. The van der Waals surface area contributed by atoms with Gasteiger partial charge in [0, 0.05) is 16.6 Å². The number of pyridine rings is 1. The number of para-hydroxylation sites is 1. The van der Waals surface area contributed by atoms with Crippen molar-refractivity contribution in [2.24, 2.45) is 0 Å². The molecular weight excluding hydrogens is 533 g/mol. The summed E-state index contributed by atoms with van der Waals surface area (Å²) in [7, 11) is 0. The number of amides is 2. The van der Waals surface area contributed by atoms with Crippen molar-refractivity contribution in [3.8, 4) is 11.4 Å². The lowest BCUT2D eigenvalue weighted by molar-refractivity contribution is 0.0593. The number of halogens is 2. The number of imide groups is 1. The molecule has 1 unspecified atom stereocenters. The zero-order valence-corrected chi connectivity index (χ0v) is 22.6. The summed E-state index contributed by atoms with van der Waals surface area (Å²) in [6.45, 7) is 5.37. The number of aryl methyl sites for hydroxylation is 2. The van der Waals surface area contributed by atoms with E-state index < -0.39 is 23.7 Å². The number of carbonyl (C=O) groups is 2. The normalized spacial score (nSPS) is 13.7. The average Bonchev–Trinajstić information content (AvgIpc) is 3.47. The molecule has 1 aliphatic rings. The molecule has 5 aromatic rings. The van der Waals surface area contributed by atoms with Crippen molar-refractivity contribution >= 4 is 34.3 Å². The van der Waals surface area contributed by atoms with Crippen molar-refractivity contribution in [2.45, 2.75) is 33.4 Å². The van der Waals surface area contributed by atoms with Crippen LogP contribution in [0.4, 0.5) is 4.39 Å². The van der Waals surface area contributed by atoms with Crippen LogP contribution in [0.1, 0.15) is 56.3 Å². The van der Waals surface area contributed by atoms with Crippen LogP contribution in [0.15, 0.2) is 67.0 Å². The highest BCUT2D eigenvalue weighted by molar-refractivity contribution is 6.31. The van der Waals surface area contributed by atoms with Crippen molar-refractivity contribution in [1.82, 2.24) is 24.6 Å². The maximum absolute atomic E-state index is 14.6. The molecular formula is C30H23ClFN5O3. The average molecular weight is 556 g/mol. The van der Waals surface area contributed by atoms with Crippen LogP contribution >= 0.6 is 11.6 Å². The Bertz CT molecular complexity index is 1800. The molecule has 8 nitrogen and oxygen atoms in total. The lowest BCUT2D eigenvalue weighted by Crippen LogP contribution is -2.33. The van der Waals surface area contributed by atoms with Gasteiger partial charge in [-0.25, -0.2) is 19.0 Å². The fourth-order valence-electron chi connectivity index (χ4n) is 5.15. The Balaban J connectivity index is 1.37. The molecule has 0 aliphatic carbocycles. The van der Waals surface area contributed by atoms with E-state index in [0.29, 0.717) is 33.5 Å². The van der Waals surface area contributed by atoms with E-state index in [1.54, 1.807) is 41.9 Å². The van der Waals surface area contributed by atoms with Crippen molar-refractivity contribution in [2.75, 3.05) is 0 Å². The summed E-state index contributed by atoms with van der Waals surface area (Å²) in [6, 6.07) is 15.8. The molecule has 3 aromatic carbocycles. The Morgan fingerprint density at radius 3 is 2.40 bits per heavy atom. The Morgan fingerprint density at radius 1 is 1.00 bits per heavy atom. The van der Waals surface area contributed by atoms with Gasteiger partial charge in [-0.3, -0.25) is 14.5 Å². The van der Waals surface area contributed by atoms with Crippen LogP contribution < -0.4 is 4.74 Å². The molecule has 200 valence electrons. The molecule has 2 amide bonds. The first-order valence-corrected chi connectivity index (χ1v) is 13.0. The molecule has 0 saturated carbocycles. The molecule has 0 fully saturated rings. The monoisotopic (exact) mass is 555 g/mol. The van der Waals surface area contributed by atoms with Gasteiger partial charge in [0.25, 0.3) is 11.8 Å². The van der Waals surface area contributed by atoms with Crippen LogP contribution in [0.2, 0.25) is 5.02 Å². The summed E-state index contributed by atoms with van der Waals surface area (Å²) in [5.74, 6) is -0.249. The third-order valence-corrected chi connectivity index (χ3v) is 7.42. The smallest absolute Gasteiger partial charge is 0.262 e. The van der Waals surface area contributed by atoms with Crippen LogP contribution in [0.5, 0.6) is 5.75 Å². The topological polar surface area (TPSA) is 90.2 Å². The number of fused-ring (bicyclic) bond motifs is 2. The summed E-state index contributed by atoms with van der Waals surface area (Å²) in [5.41, 5.74) is 3.65. The van der Waals surface area contributed by atoms with Gasteiger partial charge in [-0.15, -0.1) is 0 Å². The third-order valence-electron chi connectivity index (χ3n) is 7.08. The summed E-state index contributed by atoms with van der Waals surface area (Å²) in [4.78, 5) is 36.4. The van der Waals surface area contributed by atoms with Gasteiger partial charge in [0.1, 0.15) is 35.8 Å². The number of carbonyl (C=O) groups excluding carboxylic acids is 2. The number of benzene rings is 3. The van der Waals surface area contributed by atoms with Crippen LogP contribution in [0.25, 0.3) is 16.6 Å². The summed E-state index contributed by atoms with van der Waals surface area (Å²) in [5, 5.41) is 5.27. The molecule has 6 rings (SSSR count). The summed E-state index contributed by atoms with van der Waals surface area (Å²) >= 11 is 6.52. The number of hydrogen-bond donors (Lipinski definition) is 0. The van der Waals surface area contributed by atoms with Crippen LogP contribution in [0.3, 0.4) is 0 Å². The molecule has 0 spiro atoms. The van der Waals surface area contributed by atoms with E-state index >= 15 is 0 Å². The molecule has 1 atom stereocenters. The van der Waals surface area contributed by atoms with Crippen molar-refractivity contribution < 1.29 is 18.7 Å². The lowest BCUT2D eigenvalue weighted by Gasteiger charge is -2.26. The molecule has 3 heterocycles. The maximum atomic E-state index is 14.6. The fraction of sp³-hybridized carbons (Fsp3) is 0.167. The molecule has 1 aliphatic heterocycles. The van der Waals surface area contributed by atoms with E-state index in [0.717, 1.165) is 27.5 Å². The minimum Gasteiger partial charge on any atom is -0.487 e. The second kappa shape index (κ2) is 9.84. The first kappa shape index (κ1) is 25.6. The highest BCUT2D eigenvalue weighted by Gasteiger charge is 2.39. The van der Waals surface area contributed by atoms with Crippen molar-refractivity contribution in [3.05, 3.63) is 112 Å². The van der Waals surface area contributed by atoms with E-state index in [1.165, 1.54) is 18.5 Å². The van der Waals surface area contributed by atoms with Gasteiger partial charge in [-0.2, -0.15) is 5.10 Å². The van der Waals surface area contributed by atoms with Crippen molar-refractivity contribution in [3.63, 3.8) is 0 Å². The molecule has 2 aromatic heterocycles. The lowest BCUT2D eigenvalue weighted by atomic mass is 10.00. The number of aromatic nitrogens is 4. The van der Waals surface area contributed by atoms with Gasteiger partial charge in [-0.05, 0) is 62.7 Å². The number of nitrogens with zero attached hydrogens (tertiary/aromatic N) is 5. The van der Waals surface area contributed by atoms with Crippen LogP contribution in [0, 0.1) is 19.7 Å². The summed E-state index contributed by atoms with van der Waals surface area (Å²) in [6.07, 6.45) is 1.49. The molecule has 0 N–H and O–H groups in total. The van der Waals surface area contributed by atoms with Gasteiger partial charge in [0.2, 0.25) is 0 Å². The fourth-order valence-corrected chi connectivity index (χ4v) is 5.42. The quantitative estimate of drug-likeness (QED) is 0.233. The number of rotatable bonds is 6. The number of ether oxygens (including phenoxy) is 1. The second-order valence-corrected chi connectivity index (χ2v) is 10.0. The van der Waals surface area contributed by atoms with E-state index in [1.807, 2.05) is 32.0 Å². The largest absolute Gasteiger partial charge is 0.487 e. The second-order valence-electron chi connectivity index (χ2n) is 9.60. The summed E-state index contributed by atoms with van der Waals surface area (Å²) < 4.78 is 22.6. The molecule has 0 bridgehead atoms. The zero-order valence-electron chi connectivity index (χ0n) is 21.9. The molecule has 0 saturated heterocycles. The molecule has 40 heavy (non-hydrogen) atoms. The molecule has 0 radical (unpaired) electrons. The van der Waals surface area contributed by atoms with Crippen LogP contribution in [-0.2, 0) is 6.61 Å². The highest BCUT2D eigenvalue weighted by Crippen LogP contribution is 2.36. The van der Waals surface area contributed by atoms with E-state index in [2.05, 4.69) is 10.1 Å². The SMILES string of the molecule is Cc1cc(-n2ncnc2C)c2cccc(OCc3c(Cl)cc(F)cc3C(C)N3C(=O)c4ccccc4C3=O)c2n1. The Hall–Kier alpha value is -4.63. The highest BCUT2D eigenvalue weighted by atomic mass is 35.5. The zero-order chi connectivity index (χ0) is 28.1. The van der Waals surface area contributed by atoms with Crippen LogP contribution in [-0.4, -0.2) is 36.5 Å². The van der Waals surface area contributed by atoms with Crippen molar-refractivity contribution in [1.29, 1.82) is 0 Å². The Kier molecular flexibility index (Phi) is 6.31. The van der Waals surface area contributed by atoms with E-state index in [-0.39, 0.29) is 11.6 Å². The third kappa shape index (κ3) is 4.19. The predicted molar refractivity (Wildman–Crippen MR) is 147 cm³/mol. The molecule has 10 heteroatoms. The first-order valence-electron chi connectivity index (χ1n) is 12.6. The maximum Gasteiger partial charge on any atom is 0.262 e. The van der Waals surface area contributed by atoms with Gasteiger partial charge in [0.05, 0.1) is 27.9 Å². The van der Waals surface area contributed by atoms with Gasteiger partial charge in [0.15, 0.2) is 0 Å². The predicted octanol–water partition coefficient (Wildman–Crippen LogP) is 6.16. The van der Waals surface area contributed by atoms with Gasteiger partial charge >= 0.3 is 0 Å². The Labute approximate surface area is 234 Å². The Morgan fingerprint density at radius 2 is 1.73 bits per heavy atom. The van der Waals surface area contributed by atoms with Gasteiger partial charge < -0.3 is 4.74 Å². The minimum atomic E-state index is -0.797. The van der Waals surface area contributed by atoms with E-state index in [9.17, 15) is 14.0 Å². The van der Waals surface area contributed by atoms with Gasteiger partial charge in [-0.1, -0.05) is 35.9 Å². The van der Waals surface area contributed by atoms with E-state index in [4.69, 9.17) is 21.3 Å². The minimum absolute atomic E-state index is 0.0472.